The number of carbonyl (C=O) groups is 2. The molecule has 0 aliphatic carbocycles. The summed E-state index contributed by atoms with van der Waals surface area (Å²) in [6.07, 6.45) is 3.21. The molecule has 0 unspecified atom stereocenters. The maximum Gasteiger partial charge on any atom is 0.245 e. The fourth-order valence-electron chi connectivity index (χ4n) is 4.60. The molecule has 3 fully saturated rings. The second-order valence-corrected chi connectivity index (χ2v) is 9.53. The molecule has 4 heterocycles. The van der Waals surface area contributed by atoms with E-state index in [0.717, 1.165) is 54.7 Å². The van der Waals surface area contributed by atoms with Gasteiger partial charge in [-0.1, -0.05) is 29.0 Å². The van der Waals surface area contributed by atoms with Crippen LogP contribution < -0.4 is 14.7 Å². The van der Waals surface area contributed by atoms with Crippen LogP contribution in [0.5, 0.6) is 0 Å². The van der Waals surface area contributed by atoms with Crippen LogP contribution in [0.3, 0.4) is 0 Å². The van der Waals surface area contributed by atoms with Gasteiger partial charge in [-0.3, -0.25) is 14.5 Å². The summed E-state index contributed by atoms with van der Waals surface area (Å²) in [7, 11) is 0. The van der Waals surface area contributed by atoms with Gasteiger partial charge in [-0.15, -0.1) is 10.2 Å². The number of aromatic nitrogens is 2. The molecule has 0 radical (unpaired) electrons. The van der Waals surface area contributed by atoms with Crippen LogP contribution >= 0.6 is 22.9 Å². The zero-order chi connectivity index (χ0) is 21.4. The zero-order valence-corrected chi connectivity index (χ0v) is 18.8. The first-order valence-corrected chi connectivity index (χ1v) is 12.0. The molecule has 2 amide bonds. The Balaban J connectivity index is 1.23. The predicted octanol–water partition coefficient (Wildman–Crippen LogP) is 2.64. The van der Waals surface area contributed by atoms with Gasteiger partial charge >= 0.3 is 0 Å². The van der Waals surface area contributed by atoms with E-state index in [9.17, 15) is 9.59 Å². The third-order valence-corrected chi connectivity index (χ3v) is 7.47. The Kier molecular flexibility index (Phi) is 5.71. The van der Waals surface area contributed by atoms with Gasteiger partial charge in [0.15, 0.2) is 0 Å². The van der Waals surface area contributed by atoms with Gasteiger partial charge in [0, 0.05) is 56.4 Å². The molecule has 2 aromatic rings. The predicted molar refractivity (Wildman–Crippen MR) is 122 cm³/mol. The average Bonchev–Trinajstić information content (AvgIpc) is 3.53. The number of amides is 2. The highest BCUT2D eigenvalue weighted by Crippen LogP contribution is 2.34. The minimum atomic E-state index is -0.201. The highest BCUT2D eigenvalue weighted by molar-refractivity contribution is 7.19. The highest BCUT2D eigenvalue weighted by atomic mass is 35.5. The fourth-order valence-corrected chi connectivity index (χ4v) is 5.75. The van der Waals surface area contributed by atoms with Crippen molar-refractivity contribution in [1.29, 1.82) is 0 Å². The number of nitrogens with zero attached hydrogens (tertiary/aromatic N) is 6. The molecule has 0 saturated carbocycles. The third kappa shape index (κ3) is 4.08. The second kappa shape index (κ2) is 8.63. The normalized spacial score (nSPS) is 22.0. The van der Waals surface area contributed by atoms with Gasteiger partial charge in [0.1, 0.15) is 6.04 Å². The molecule has 0 bridgehead atoms. The topological polar surface area (TPSA) is 72.9 Å². The van der Waals surface area contributed by atoms with Crippen LogP contribution in [0, 0.1) is 0 Å². The van der Waals surface area contributed by atoms with E-state index in [4.69, 9.17) is 11.6 Å². The van der Waals surface area contributed by atoms with Crippen LogP contribution in [-0.4, -0.2) is 72.2 Å². The van der Waals surface area contributed by atoms with E-state index in [1.165, 1.54) is 11.3 Å². The maximum atomic E-state index is 13.3. The molecule has 3 saturated heterocycles. The molecule has 0 N–H and O–H groups in total. The monoisotopic (exact) mass is 460 g/mol. The summed E-state index contributed by atoms with van der Waals surface area (Å²) in [5.41, 5.74) is 1.10. The van der Waals surface area contributed by atoms with E-state index < -0.39 is 0 Å². The highest BCUT2D eigenvalue weighted by Gasteiger charge is 2.37. The lowest BCUT2D eigenvalue weighted by Gasteiger charge is -2.38. The number of halogens is 1. The Labute approximate surface area is 190 Å². The van der Waals surface area contributed by atoms with Gasteiger partial charge in [0.25, 0.3) is 0 Å². The lowest BCUT2D eigenvalue weighted by molar-refractivity contribution is -0.132. The van der Waals surface area contributed by atoms with Crippen LogP contribution in [0.2, 0.25) is 5.02 Å². The van der Waals surface area contributed by atoms with E-state index >= 15 is 0 Å². The summed E-state index contributed by atoms with van der Waals surface area (Å²) in [5, 5.41) is 10.7. The summed E-state index contributed by atoms with van der Waals surface area (Å²) in [6, 6.07) is 7.65. The van der Waals surface area contributed by atoms with Crippen LogP contribution in [0.25, 0.3) is 0 Å². The van der Waals surface area contributed by atoms with Crippen molar-refractivity contribution in [2.75, 3.05) is 54.0 Å². The number of benzene rings is 1. The maximum absolute atomic E-state index is 13.3. The van der Waals surface area contributed by atoms with E-state index in [1.54, 1.807) is 4.90 Å². The third-order valence-electron chi connectivity index (χ3n) is 6.26. The number of carbonyl (C=O) groups excluding carboxylic acids is 2. The van der Waals surface area contributed by atoms with E-state index in [2.05, 4.69) is 26.1 Å². The smallest absolute Gasteiger partial charge is 0.245 e. The molecule has 1 atom stereocenters. The minimum absolute atomic E-state index is 0.106. The molecule has 1 aromatic carbocycles. The Bertz CT molecular complexity index is 976. The molecule has 10 heteroatoms. The lowest BCUT2D eigenvalue weighted by atomic mass is 10.1. The quantitative estimate of drug-likeness (QED) is 0.698. The molecule has 5 rings (SSSR count). The molecule has 1 aromatic heterocycles. The van der Waals surface area contributed by atoms with Crippen LogP contribution in [-0.2, 0) is 9.59 Å². The van der Waals surface area contributed by atoms with Crippen LogP contribution in [0.15, 0.2) is 24.3 Å². The van der Waals surface area contributed by atoms with Gasteiger partial charge in [-0.25, -0.2) is 0 Å². The number of hydrogen-bond donors (Lipinski definition) is 0. The standard InChI is InChI=1S/C21H25ClN6O2S/c22-15-4-1-5-16(14-15)25-10-12-26(13-11-25)19(30)17-6-2-8-27(17)20-23-24-21(31-20)28-9-3-7-18(28)29/h1,4-5,14,17H,2-3,6-13H2/t17-/m0/s1. The fraction of sp³-hybridized carbons (Fsp3) is 0.524. The van der Waals surface area contributed by atoms with Crippen molar-refractivity contribution < 1.29 is 9.59 Å². The van der Waals surface area contributed by atoms with Crippen molar-refractivity contribution in [3.05, 3.63) is 29.3 Å². The first-order chi connectivity index (χ1) is 15.1. The number of rotatable bonds is 4. The lowest BCUT2D eigenvalue weighted by Crippen LogP contribution is -2.53. The Hall–Kier alpha value is -2.39. The zero-order valence-electron chi connectivity index (χ0n) is 17.2. The number of hydrogen-bond acceptors (Lipinski definition) is 7. The summed E-state index contributed by atoms with van der Waals surface area (Å²) in [5.74, 6) is 0.270. The first kappa shape index (κ1) is 20.5. The van der Waals surface area contributed by atoms with Gasteiger partial charge in [-0.2, -0.15) is 0 Å². The van der Waals surface area contributed by atoms with Gasteiger partial charge in [-0.05, 0) is 37.5 Å². The van der Waals surface area contributed by atoms with Gasteiger partial charge in [0.2, 0.25) is 22.1 Å². The largest absolute Gasteiger partial charge is 0.368 e. The van der Waals surface area contributed by atoms with Crippen LogP contribution in [0.1, 0.15) is 25.7 Å². The van der Waals surface area contributed by atoms with Crippen molar-refractivity contribution in [3.8, 4) is 0 Å². The summed E-state index contributed by atoms with van der Waals surface area (Å²) in [6.45, 7) is 4.46. The summed E-state index contributed by atoms with van der Waals surface area (Å²) in [4.78, 5) is 33.4. The molecular formula is C21H25ClN6O2S. The second-order valence-electron chi connectivity index (χ2n) is 8.16. The van der Waals surface area contributed by atoms with Gasteiger partial charge < -0.3 is 14.7 Å². The molecule has 3 aliphatic rings. The van der Waals surface area contributed by atoms with Crippen molar-refractivity contribution in [2.24, 2.45) is 0 Å². The van der Waals surface area contributed by atoms with Crippen molar-refractivity contribution in [2.45, 2.75) is 31.7 Å². The molecular weight excluding hydrogens is 436 g/mol. The average molecular weight is 461 g/mol. The molecule has 0 spiro atoms. The Morgan fingerprint density at radius 2 is 1.84 bits per heavy atom. The molecule has 3 aliphatic heterocycles. The first-order valence-electron chi connectivity index (χ1n) is 10.8. The van der Waals surface area contributed by atoms with E-state index in [1.807, 2.05) is 23.1 Å². The van der Waals surface area contributed by atoms with Crippen molar-refractivity contribution >= 4 is 50.7 Å². The van der Waals surface area contributed by atoms with Crippen molar-refractivity contribution in [3.63, 3.8) is 0 Å². The molecule has 8 nitrogen and oxygen atoms in total. The number of anilines is 3. The Morgan fingerprint density at radius 3 is 2.58 bits per heavy atom. The summed E-state index contributed by atoms with van der Waals surface area (Å²) >= 11 is 7.54. The van der Waals surface area contributed by atoms with E-state index in [0.29, 0.717) is 31.2 Å². The SMILES string of the molecule is O=C([C@@H]1CCCN1c1nnc(N2CCCC2=O)s1)N1CCN(c2cccc(Cl)c2)CC1. The Morgan fingerprint density at radius 1 is 1.03 bits per heavy atom. The minimum Gasteiger partial charge on any atom is -0.368 e. The van der Waals surface area contributed by atoms with E-state index in [-0.39, 0.29) is 17.9 Å². The van der Waals surface area contributed by atoms with Crippen LogP contribution in [0.4, 0.5) is 16.0 Å². The van der Waals surface area contributed by atoms with Crippen molar-refractivity contribution in [1.82, 2.24) is 15.1 Å². The summed E-state index contributed by atoms with van der Waals surface area (Å²) < 4.78 is 0. The van der Waals surface area contributed by atoms with Gasteiger partial charge in [0.05, 0.1) is 0 Å². The molecule has 31 heavy (non-hydrogen) atoms. The number of piperazine rings is 1. The molecule has 164 valence electrons.